The van der Waals surface area contributed by atoms with Gasteiger partial charge in [0.25, 0.3) is 0 Å². The van der Waals surface area contributed by atoms with Crippen LogP contribution in [0.3, 0.4) is 0 Å². The van der Waals surface area contributed by atoms with E-state index in [4.69, 9.17) is 10.5 Å². The summed E-state index contributed by atoms with van der Waals surface area (Å²) >= 11 is 0. The van der Waals surface area contributed by atoms with E-state index in [2.05, 4.69) is 16.4 Å². The third-order valence-electron chi connectivity index (χ3n) is 3.40. The van der Waals surface area contributed by atoms with Gasteiger partial charge in [-0.2, -0.15) is 0 Å². The zero-order chi connectivity index (χ0) is 13.2. The van der Waals surface area contributed by atoms with Gasteiger partial charge >= 0.3 is 0 Å². The van der Waals surface area contributed by atoms with Gasteiger partial charge in [-0.3, -0.25) is 0 Å². The Morgan fingerprint density at radius 2 is 2.16 bits per heavy atom. The Morgan fingerprint density at radius 3 is 2.79 bits per heavy atom. The minimum Gasteiger partial charge on any atom is -0.497 e. The van der Waals surface area contributed by atoms with Gasteiger partial charge in [0.2, 0.25) is 0 Å². The van der Waals surface area contributed by atoms with Crippen LogP contribution in [0.2, 0.25) is 0 Å². The molecule has 1 aliphatic carbocycles. The summed E-state index contributed by atoms with van der Waals surface area (Å²) in [5.74, 6) is 2.15. The van der Waals surface area contributed by atoms with E-state index in [-0.39, 0.29) is 0 Å². The fourth-order valence-electron chi connectivity index (χ4n) is 2.15. The van der Waals surface area contributed by atoms with Crippen LogP contribution in [-0.4, -0.2) is 18.1 Å². The van der Waals surface area contributed by atoms with Crippen LogP contribution in [0.15, 0.2) is 42.6 Å². The Hall–Kier alpha value is -2.07. The molecule has 98 valence electrons. The summed E-state index contributed by atoms with van der Waals surface area (Å²) in [6.07, 6.45) is 2.98. The molecular weight excluding hydrogens is 238 g/mol. The van der Waals surface area contributed by atoms with Gasteiger partial charge in [0.15, 0.2) is 0 Å². The fraction of sp³-hybridized carbons (Fsp3) is 0.267. The molecule has 0 bridgehead atoms. The lowest BCUT2D eigenvalue weighted by atomic mass is 10.2. The van der Waals surface area contributed by atoms with Crippen LogP contribution in [0.5, 0.6) is 5.75 Å². The number of methoxy groups -OCH3 is 1. The first kappa shape index (κ1) is 12.0. The van der Waals surface area contributed by atoms with Crippen LogP contribution in [0.25, 0.3) is 0 Å². The summed E-state index contributed by atoms with van der Waals surface area (Å²) in [4.78, 5) is 4.42. The zero-order valence-corrected chi connectivity index (χ0v) is 10.8. The van der Waals surface area contributed by atoms with Crippen molar-refractivity contribution in [3.05, 3.63) is 48.2 Å². The average molecular weight is 255 g/mol. The Kier molecular flexibility index (Phi) is 3.09. The van der Waals surface area contributed by atoms with Crippen molar-refractivity contribution in [1.29, 1.82) is 0 Å². The molecular formula is C15H17N3O. The fourth-order valence-corrected chi connectivity index (χ4v) is 2.15. The highest BCUT2D eigenvalue weighted by atomic mass is 16.5. The molecule has 3 rings (SSSR count). The summed E-state index contributed by atoms with van der Waals surface area (Å²) in [6, 6.07) is 12.2. The number of pyridine rings is 1. The number of aromatic nitrogens is 1. The Balaban J connectivity index is 1.72. The normalized spacial score (nSPS) is 20.9. The van der Waals surface area contributed by atoms with Crippen LogP contribution in [0, 0.1) is 0 Å². The van der Waals surface area contributed by atoms with Crippen molar-refractivity contribution in [1.82, 2.24) is 4.98 Å². The maximum atomic E-state index is 5.83. The minimum atomic E-state index is 0.319. The van der Waals surface area contributed by atoms with Gasteiger partial charge in [-0.25, -0.2) is 4.98 Å². The van der Waals surface area contributed by atoms with Gasteiger partial charge in [0.05, 0.1) is 7.11 Å². The quantitative estimate of drug-likeness (QED) is 0.881. The molecule has 1 aromatic carbocycles. The topological polar surface area (TPSA) is 60.2 Å². The van der Waals surface area contributed by atoms with E-state index in [1.165, 1.54) is 5.56 Å². The second kappa shape index (κ2) is 4.90. The monoisotopic (exact) mass is 255 g/mol. The largest absolute Gasteiger partial charge is 0.497 e. The minimum absolute atomic E-state index is 0.319. The standard InChI is InChI=1S/C15H17N3O/c1-19-12-4-2-3-11(7-12)18-15-6-5-10(9-17-15)13-8-14(13)16/h2-7,9,13-14H,8,16H2,1H3,(H,17,18). The number of nitrogens with zero attached hydrogens (tertiary/aromatic N) is 1. The summed E-state index contributed by atoms with van der Waals surface area (Å²) in [6.45, 7) is 0. The van der Waals surface area contributed by atoms with Crippen molar-refractivity contribution < 1.29 is 4.74 Å². The van der Waals surface area contributed by atoms with Crippen LogP contribution < -0.4 is 15.8 Å². The van der Waals surface area contributed by atoms with Crippen LogP contribution in [-0.2, 0) is 0 Å². The summed E-state index contributed by atoms with van der Waals surface area (Å²) < 4.78 is 5.19. The summed E-state index contributed by atoms with van der Waals surface area (Å²) in [5.41, 5.74) is 8.02. The van der Waals surface area contributed by atoms with Crippen molar-refractivity contribution in [2.45, 2.75) is 18.4 Å². The Labute approximate surface area is 112 Å². The first-order chi connectivity index (χ1) is 9.26. The molecule has 0 radical (unpaired) electrons. The van der Waals surface area contributed by atoms with Gasteiger partial charge in [-0.05, 0) is 30.2 Å². The van der Waals surface area contributed by atoms with E-state index in [9.17, 15) is 0 Å². The first-order valence-electron chi connectivity index (χ1n) is 6.39. The van der Waals surface area contributed by atoms with Gasteiger partial charge in [-0.1, -0.05) is 12.1 Å². The molecule has 3 N–H and O–H groups in total. The molecule has 4 heteroatoms. The molecule has 0 aliphatic heterocycles. The predicted molar refractivity (Wildman–Crippen MR) is 75.8 cm³/mol. The molecule has 4 nitrogen and oxygen atoms in total. The number of benzene rings is 1. The second-order valence-corrected chi connectivity index (χ2v) is 4.84. The van der Waals surface area contributed by atoms with Gasteiger partial charge < -0.3 is 15.8 Å². The molecule has 1 heterocycles. The average Bonchev–Trinajstić information content (AvgIpc) is 3.17. The lowest BCUT2D eigenvalue weighted by molar-refractivity contribution is 0.415. The van der Waals surface area contributed by atoms with E-state index >= 15 is 0 Å². The summed E-state index contributed by atoms with van der Waals surface area (Å²) in [7, 11) is 1.66. The van der Waals surface area contributed by atoms with E-state index in [1.807, 2.05) is 36.5 Å². The number of nitrogens with two attached hydrogens (primary N) is 1. The third kappa shape index (κ3) is 2.69. The highest BCUT2D eigenvalue weighted by molar-refractivity contribution is 5.58. The molecule has 1 aliphatic rings. The molecule has 1 aromatic heterocycles. The number of hydrogen-bond acceptors (Lipinski definition) is 4. The maximum Gasteiger partial charge on any atom is 0.130 e. The molecule has 2 atom stereocenters. The van der Waals surface area contributed by atoms with Gasteiger partial charge in [-0.15, -0.1) is 0 Å². The zero-order valence-electron chi connectivity index (χ0n) is 10.8. The SMILES string of the molecule is COc1cccc(Nc2ccc(C3CC3N)cn2)c1. The van der Waals surface area contributed by atoms with Crippen molar-refractivity contribution in [2.75, 3.05) is 12.4 Å². The Bertz CT molecular complexity index is 568. The first-order valence-corrected chi connectivity index (χ1v) is 6.39. The van der Waals surface area contributed by atoms with Crippen LogP contribution in [0.4, 0.5) is 11.5 Å². The van der Waals surface area contributed by atoms with Crippen molar-refractivity contribution in [2.24, 2.45) is 5.73 Å². The highest BCUT2D eigenvalue weighted by Gasteiger charge is 2.34. The van der Waals surface area contributed by atoms with Crippen molar-refractivity contribution >= 4 is 11.5 Å². The number of rotatable bonds is 4. The van der Waals surface area contributed by atoms with Gasteiger partial charge in [0.1, 0.15) is 11.6 Å². The second-order valence-electron chi connectivity index (χ2n) is 4.84. The molecule has 1 saturated carbocycles. The molecule has 2 unspecified atom stereocenters. The lowest BCUT2D eigenvalue weighted by Gasteiger charge is -2.08. The number of hydrogen-bond donors (Lipinski definition) is 2. The Morgan fingerprint density at radius 1 is 1.32 bits per heavy atom. The van der Waals surface area contributed by atoms with Gasteiger partial charge in [0, 0.05) is 29.9 Å². The van der Waals surface area contributed by atoms with Crippen LogP contribution >= 0.6 is 0 Å². The molecule has 0 saturated heterocycles. The van der Waals surface area contributed by atoms with E-state index in [1.54, 1.807) is 7.11 Å². The number of ether oxygens (including phenoxy) is 1. The number of anilines is 2. The smallest absolute Gasteiger partial charge is 0.130 e. The van der Waals surface area contributed by atoms with Crippen molar-refractivity contribution in [3.63, 3.8) is 0 Å². The van der Waals surface area contributed by atoms with E-state index in [0.29, 0.717) is 12.0 Å². The van der Waals surface area contributed by atoms with Crippen molar-refractivity contribution in [3.8, 4) is 5.75 Å². The lowest BCUT2D eigenvalue weighted by Crippen LogP contribution is -2.01. The predicted octanol–water partition coefficient (Wildman–Crippen LogP) is 2.65. The highest BCUT2D eigenvalue weighted by Crippen LogP contribution is 2.38. The van der Waals surface area contributed by atoms with E-state index in [0.717, 1.165) is 23.7 Å². The third-order valence-corrected chi connectivity index (χ3v) is 3.40. The molecule has 0 spiro atoms. The molecule has 0 amide bonds. The maximum absolute atomic E-state index is 5.83. The molecule has 19 heavy (non-hydrogen) atoms. The summed E-state index contributed by atoms with van der Waals surface area (Å²) in [5, 5.41) is 3.25. The number of nitrogens with one attached hydrogen (secondary N) is 1. The van der Waals surface area contributed by atoms with E-state index < -0.39 is 0 Å². The molecule has 1 fully saturated rings. The molecule has 2 aromatic rings. The van der Waals surface area contributed by atoms with Crippen LogP contribution in [0.1, 0.15) is 17.9 Å².